The Morgan fingerprint density at radius 2 is 2.12 bits per heavy atom. The molecule has 0 saturated heterocycles. The predicted octanol–water partition coefficient (Wildman–Crippen LogP) is 3.30. The van der Waals surface area contributed by atoms with Gasteiger partial charge < -0.3 is 0 Å². The molecule has 0 unspecified atom stereocenters. The van der Waals surface area contributed by atoms with Crippen LogP contribution >= 0.6 is 11.3 Å². The molecule has 3 rings (SSSR count). The molecule has 0 bridgehead atoms. The second-order valence-corrected chi connectivity index (χ2v) is 4.70. The minimum Gasteiger partial charge on any atom is -0.282 e. The summed E-state index contributed by atoms with van der Waals surface area (Å²) >= 11 is 1.67. The lowest BCUT2D eigenvalue weighted by Crippen LogP contribution is -1.83. The molecule has 1 N–H and O–H groups in total. The molecule has 0 atom stereocenters. The Hall–Kier alpha value is -1.68. The first kappa shape index (κ1) is 9.54. The molecule has 3 nitrogen and oxygen atoms in total. The molecule has 16 heavy (non-hydrogen) atoms. The quantitative estimate of drug-likeness (QED) is 0.695. The second kappa shape index (κ2) is 3.42. The first-order valence-corrected chi connectivity index (χ1v) is 5.99. The molecule has 0 amide bonds. The van der Waals surface area contributed by atoms with Gasteiger partial charge in [0, 0.05) is 16.8 Å². The summed E-state index contributed by atoms with van der Waals surface area (Å²) in [4.78, 5) is 4.43. The molecule has 0 aliphatic rings. The van der Waals surface area contributed by atoms with Crippen molar-refractivity contribution in [3.05, 3.63) is 35.1 Å². The molecule has 2 heterocycles. The third-order valence-corrected chi connectivity index (χ3v) is 3.55. The number of H-pyrrole nitrogens is 1. The fraction of sp³-hybridized carbons (Fsp3) is 0.167. The third-order valence-electron chi connectivity index (χ3n) is 2.76. The SMILES string of the molecule is Cc1n[nH]c(C)c1-c1cccc2scnc12. The highest BCUT2D eigenvalue weighted by Crippen LogP contribution is 2.32. The van der Waals surface area contributed by atoms with Crippen molar-refractivity contribution in [2.24, 2.45) is 0 Å². The van der Waals surface area contributed by atoms with E-state index in [1.165, 1.54) is 15.8 Å². The summed E-state index contributed by atoms with van der Waals surface area (Å²) < 4.78 is 1.22. The summed E-state index contributed by atoms with van der Waals surface area (Å²) in [5, 5.41) is 7.25. The minimum atomic E-state index is 1.03. The van der Waals surface area contributed by atoms with E-state index in [1.54, 1.807) is 11.3 Å². The molecular formula is C12H11N3S. The average molecular weight is 229 g/mol. The van der Waals surface area contributed by atoms with E-state index < -0.39 is 0 Å². The van der Waals surface area contributed by atoms with Gasteiger partial charge in [0.05, 0.1) is 21.4 Å². The third kappa shape index (κ3) is 1.27. The largest absolute Gasteiger partial charge is 0.282 e. The highest BCUT2D eigenvalue weighted by atomic mass is 32.1. The fourth-order valence-electron chi connectivity index (χ4n) is 2.04. The van der Waals surface area contributed by atoms with Crippen molar-refractivity contribution >= 4 is 21.6 Å². The highest BCUT2D eigenvalue weighted by molar-refractivity contribution is 7.16. The number of thiazole rings is 1. The Morgan fingerprint density at radius 1 is 1.25 bits per heavy atom. The number of aromatic nitrogens is 3. The molecule has 0 aliphatic heterocycles. The van der Waals surface area contributed by atoms with E-state index in [0.717, 1.165) is 16.9 Å². The van der Waals surface area contributed by atoms with Gasteiger partial charge in [-0.2, -0.15) is 5.10 Å². The molecule has 80 valence electrons. The molecule has 3 aromatic rings. The van der Waals surface area contributed by atoms with Gasteiger partial charge in [-0.1, -0.05) is 12.1 Å². The zero-order chi connectivity index (χ0) is 11.1. The van der Waals surface area contributed by atoms with Crippen molar-refractivity contribution in [2.45, 2.75) is 13.8 Å². The van der Waals surface area contributed by atoms with E-state index in [1.807, 2.05) is 19.4 Å². The molecule has 0 saturated carbocycles. The summed E-state index contributed by atoms with van der Waals surface area (Å²) in [7, 11) is 0. The highest BCUT2D eigenvalue weighted by Gasteiger charge is 2.12. The van der Waals surface area contributed by atoms with Crippen molar-refractivity contribution < 1.29 is 0 Å². The maximum Gasteiger partial charge on any atom is 0.0891 e. The van der Waals surface area contributed by atoms with E-state index in [4.69, 9.17) is 0 Å². The van der Waals surface area contributed by atoms with Crippen LogP contribution in [0.1, 0.15) is 11.4 Å². The van der Waals surface area contributed by atoms with Crippen molar-refractivity contribution in [1.82, 2.24) is 15.2 Å². The van der Waals surface area contributed by atoms with Crippen LogP contribution in [0.25, 0.3) is 21.3 Å². The average Bonchev–Trinajstić information content (AvgIpc) is 2.86. The number of para-hydroxylation sites is 1. The van der Waals surface area contributed by atoms with Gasteiger partial charge in [0.2, 0.25) is 0 Å². The number of benzene rings is 1. The first-order chi connectivity index (χ1) is 7.77. The lowest BCUT2D eigenvalue weighted by atomic mass is 10.0. The Bertz CT molecular complexity index is 632. The summed E-state index contributed by atoms with van der Waals surface area (Å²) in [5.41, 5.74) is 7.42. The van der Waals surface area contributed by atoms with Gasteiger partial charge in [-0.15, -0.1) is 11.3 Å². The summed E-state index contributed by atoms with van der Waals surface area (Å²) in [6, 6.07) is 6.27. The number of hydrogen-bond acceptors (Lipinski definition) is 3. The molecule has 0 radical (unpaired) electrons. The van der Waals surface area contributed by atoms with E-state index in [-0.39, 0.29) is 0 Å². The van der Waals surface area contributed by atoms with Crippen molar-refractivity contribution in [2.75, 3.05) is 0 Å². The van der Waals surface area contributed by atoms with Gasteiger partial charge >= 0.3 is 0 Å². The molecular weight excluding hydrogens is 218 g/mol. The van der Waals surface area contributed by atoms with Crippen molar-refractivity contribution in [1.29, 1.82) is 0 Å². The van der Waals surface area contributed by atoms with Crippen LogP contribution in [0.3, 0.4) is 0 Å². The van der Waals surface area contributed by atoms with Crippen LogP contribution < -0.4 is 0 Å². The maximum absolute atomic E-state index is 4.43. The van der Waals surface area contributed by atoms with Gasteiger partial charge in [-0.3, -0.25) is 5.10 Å². The van der Waals surface area contributed by atoms with E-state index in [2.05, 4.69) is 33.4 Å². The van der Waals surface area contributed by atoms with E-state index >= 15 is 0 Å². The lowest BCUT2D eigenvalue weighted by molar-refractivity contribution is 1.02. The van der Waals surface area contributed by atoms with Gasteiger partial charge in [-0.05, 0) is 19.9 Å². The number of hydrogen-bond donors (Lipinski definition) is 1. The Morgan fingerprint density at radius 3 is 2.88 bits per heavy atom. The van der Waals surface area contributed by atoms with E-state index in [9.17, 15) is 0 Å². The first-order valence-electron chi connectivity index (χ1n) is 5.11. The summed E-state index contributed by atoms with van der Waals surface area (Å²) in [6.45, 7) is 4.06. The van der Waals surface area contributed by atoms with Gasteiger partial charge in [0.25, 0.3) is 0 Å². The molecule has 0 aliphatic carbocycles. The van der Waals surface area contributed by atoms with Crippen molar-refractivity contribution in [3.63, 3.8) is 0 Å². The Balaban J connectivity index is 2.38. The Kier molecular flexibility index (Phi) is 2.04. The summed E-state index contributed by atoms with van der Waals surface area (Å²) in [5.74, 6) is 0. The number of nitrogens with one attached hydrogen (secondary N) is 1. The fourth-order valence-corrected chi connectivity index (χ4v) is 2.74. The second-order valence-electron chi connectivity index (χ2n) is 3.81. The minimum absolute atomic E-state index is 1.03. The van der Waals surface area contributed by atoms with E-state index in [0.29, 0.717) is 0 Å². The monoisotopic (exact) mass is 229 g/mol. The number of aryl methyl sites for hydroxylation is 2. The standard InChI is InChI=1S/C12H11N3S/c1-7-11(8(2)15-14-7)9-4-3-5-10-12(9)13-6-16-10/h3-6H,1-2H3,(H,14,15). The number of aromatic amines is 1. The van der Waals surface area contributed by atoms with Crippen LogP contribution in [0, 0.1) is 13.8 Å². The molecule has 0 spiro atoms. The number of nitrogens with zero attached hydrogens (tertiary/aromatic N) is 2. The predicted molar refractivity (Wildman–Crippen MR) is 66.7 cm³/mol. The Labute approximate surface area is 97.2 Å². The maximum atomic E-state index is 4.43. The molecule has 2 aromatic heterocycles. The smallest absolute Gasteiger partial charge is 0.0891 e. The van der Waals surface area contributed by atoms with Crippen LogP contribution in [-0.2, 0) is 0 Å². The van der Waals surface area contributed by atoms with Crippen LogP contribution in [0.15, 0.2) is 23.7 Å². The van der Waals surface area contributed by atoms with Gasteiger partial charge in [0.15, 0.2) is 0 Å². The molecule has 4 heteroatoms. The number of rotatable bonds is 1. The zero-order valence-corrected chi connectivity index (χ0v) is 9.93. The van der Waals surface area contributed by atoms with Crippen LogP contribution in [-0.4, -0.2) is 15.2 Å². The van der Waals surface area contributed by atoms with Gasteiger partial charge in [0.1, 0.15) is 0 Å². The molecule has 0 fully saturated rings. The van der Waals surface area contributed by atoms with Crippen LogP contribution in [0.5, 0.6) is 0 Å². The molecule has 1 aromatic carbocycles. The summed E-state index contributed by atoms with van der Waals surface area (Å²) in [6.07, 6.45) is 0. The van der Waals surface area contributed by atoms with Crippen LogP contribution in [0.4, 0.5) is 0 Å². The topological polar surface area (TPSA) is 41.6 Å². The zero-order valence-electron chi connectivity index (χ0n) is 9.11. The van der Waals surface area contributed by atoms with Crippen LogP contribution in [0.2, 0.25) is 0 Å². The van der Waals surface area contributed by atoms with Gasteiger partial charge in [-0.25, -0.2) is 4.98 Å². The van der Waals surface area contributed by atoms with Crippen molar-refractivity contribution in [3.8, 4) is 11.1 Å². The lowest BCUT2D eigenvalue weighted by Gasteiger charge is -2.02. The number of fused-ring (bicyclic) bond motifs is 1. The normalized spacial score (nSPS) is 11.1.